The minimum Gasteiger partial charge on any atom is -0.368 e. The van der Waals surface area contributed by atoms with Crippen molar-refractivity contribution in [2.75, 3.05) is 36.4 Å². The Hall–Kier alpha value is -3.02. The topological polar surface area (TPSA) is 52.7 Å². The number of nitrogens with one attached hydrogen (secondary N) is 1. The Morgan fingerprint density at radius 2 is 1.31 bits per heavy atom. The van der Waals surface area contributed by atoms with Crippen LogP contribution in [0.25, 0.3) is 0 Å². The zero-order valence-electron chi connectivity index (χ0n) is 17.4. The number of nitrogens with zero attached hydrogens (tertiary/aromatic N) is 2. The van der Waals surface area contributed by atoms with E-state index in [-0.39, 0.29) is 11.8 Å². The number of anilines is 2. The predicted octanol–water partition coefficient (Wildman–Crippen LogP) is 5.14. The molecule has 0 unspecified atom stereocenters. The van der Waals surface area contributed by atoms with Crippen LogP contribution < -0.4 is 10.2 Å². The molecule has 3 aromatic rings. The Morgan fingerprint density at radius 3 is 1.91 bits per heavy atom. The second-order valence-electron chi connectivity index (χ2n) is 7.68. The molecular formula is C25H23Cl2N3O2. The zero-order valence-corrected chi connectivity index (χ0v) is 18.9. The van der Waals surface area contributed by atoms with E-state index in [1.807, 2.05) is 41.3 Å². The minimum atomic E-state index is -0.0746. The molecule has 1 fully saturated rings. The van der Waals surface area contributed by atoms with Crippen LogP contribution in [0, 0.1) is 0 Å². The molecule has 1 heterocycles. The maximum atomic E-state index is 12.7. The van der Waals surface area contributed by atoms with Crippen LogP contribution in [0.2, 0.25) is 10.0 Å². The Balaban J connectivity index is 1.29. The zero-order chi connectivity index (χ0) is 22.5. The smallest absolute Gasteiger partial charge is 0.253 e. The number of piperazine rings is 1. The average Bonchev–Trinajstić information content (AvgIpc) is 2.81. The molecule has 1 aliphatic rings. The molecule has 7 heteroatoms. The molecule has 1 N–H and O–H groups in total. The van der Waals surface area contributed by atoms with Crippen molar-refractivity contribution in [3.05, 3.63) is 94.0 Å². The SMILES string of the molecule is O=C(Cc1ccc(Cl)cc1)Nc1ccc(N2CCN(C(=O)c3ccc(Cl)cc3)CC2)cc1. The molecule has 32 heavy (non-hydrogen) atoms. The van der Waals surface area contributed by atoms with Crippen molar-refractivity contribution in [3.63, 3.8) is 0 Å². The van der Waals surface area contributed by atoms with Crippen molar-refractivity contribution in [1.29, 1.82) is 0 Å². The summed E-state index contributed by atoms with van der Waals surface area (Å²) in [6.07, 6.45) is 0.294. The summed E-state index contributed by atoms with van der Waals surface area (Å²) in [5.41, 5.74) is 3.39. The molecule has 0 saturated carbocycles. The second kappa shape index (κ2) is 10.1. The van der Waals surface area contributed by atoms with Crippen LogP contribution in [-0.4, -0.2) is 42.9 Å². The highest BCUT2D eigenvalue weighted by atomic mass is 35.5. The van der Waals surface area contributed by atoms with Gasteiger partial charge in [0.2, 0.25) is 5.91 Å². The summed E-state index contributed by atoms with van der Waals surface area (Å²) >= 11 is 11.8. The monoisotopic (exact) mass is 467 g/mol. The Morgan fingerprint density at radius 1 is 0.750 bits per heavy atom. The molecule has 4 rings (SSSR count). The number of hydrogen-bond donors (Lipinski definition) is 1. The fourth-order valence-electron chi connectivity index (χ4n) is 3.69. The van der Waals surface area contributed by atoms with Gasteiger partial charge in [-0.1, -0.05) is 35.3 Å². The summed E-state index contributed by atoms with van der Waals surface area (Å²) in [6.45, 7) is 2.81. The van der Waals surface area contributed by atoms with Gasteiger partial charge >= 0.3 is 0 Å². The quantitative estimate of drug-likeness (QED) is 0.565. The van der Waals surface area contributed by atoms with Gasteiger partial charge in [-0.05, 0) is 66.2 Å². The predicted molar refractivity (Wildman–Crippen MR) is 130 cm³/mol. The second-order valence-corrected chi connectivity index (χ2v) is 8.56. The van der Waals surface area contributed by atoms with Crippen LogP contribution in [0.1, 0.15) is 15.9 Å². The standard InChI is InChI=1S/C25H23Cl2N3O2/c26-20-5-1-18(2-6-20)17-24(31)28-22-9-11-23(12-10-22)29-13-15-30(16-14-29)25(32)19-3-7-21(27)8-4-19/h1-12H,13-17H2,(H,28,31). The van der Waals surface area contributed by atoms with Crippen molar-refractivity contribution in [2.24, 2.45) is 0 Å². The van der Waals surface area contributed by atoms with E-state index >= 15 is 0 Å². The van der Waals surface area contributed by atoms with E-state index in [0.29, 0.717) is 35.1 Å². The summed E-state index contributed by atoms with van der Waals surface area (Å²) in [7, 11) is 0. The van der Waals surface area contributed by atoms with E-state index in [1.54, 1.807) is 36.4 Å². The number of rotatable bonds is 5. The first-order valence-electron chi connectivity index (χ1n) is 10.4. The van der Waals surface area contributed by atoms with Gasteiger partial charge in [-0.3, -0.25) is 9.59 Å². The number of halogens is 2. The Kier molecular flexibility index (Phi) is 6.98. The highest BCUT2D eigenvalue weighted by Crippen LogP contribution is 2.21. The van der Waals surface area contributed by atoms with Gasteiger partial charge in [0.15, 0.2) is 0 Å². The van der Waals surface area contributed by atoms with Gasteiger partial charge in [-0.25, -0.2) is 0 Å². The van der Waals surface area contributed by atoms with Crippen molar-refractivity contribution in [3.8, 4) is 0 Å². The molecule has 1 aliphatic heterocycles. The van der Waals surface area contributed by atoms with Gasteiger partial charge in [0, 0.05) is 53.2 Å². The lowest BCUT2D eigenvalue weighted by Gasteiger charge is -2.36. The van der Waals surface area contributed by atoms with E-state index in [9.17, 15) is 9.59 Å². The van der Waals surface area contributed by atoms with Crippen molar-refractivity contribution in [1.82, 2.24) is 4.90 Å². The lowest BCUT2D eigenvalue weighted by molar-refractivity contribution is -0.115. The summed E-state index contributed by atoms with van der Waals surface area (Å²) < 4.78 is 0. The van der Waals surface area contributed by atoms with Gasteiger partial charge in [-0.2, -0.15) is 0 Å². The van der Waals surface area contributed by atoms with Gasteiger partial charge < -0.3 is 15.1 Å². The maximum Gasteiger partial charge on any atom is 0.253 e. The lowest BCUT2D eigenvalue weighted by atomic mass is 10.1. The molecule has 164 valence electrons. The fourth-order valence-corrected chi connectivity index (χ4v) is 3.94. The van der Waals surface area contributed by atoms with Gasteiger partial charge in [0.1, 0.15) is 0 Å². The summed E-state index contributed by atoms with van der Waals surface area (Å²) in [6, 6.07) is 22.0. The number of benzene rings is 3. The minimum absolute atomic E-state index is 0.0278. The molecule has 0 atom stereocenters. The summed E-state index contributed by atoms with van der Waals surface area (Å²) in [5.74, 6) is -0.0468. The average molecular weight is 468 g/mol. The summed E-state index contributed by atoms with van der Waals surface area (Å²) in [4.78, 5) is 29.1. The van der Waals surface area contributed by atoms with Crippen LogP contribution in [0.3, 0.4) is 0 Å². The fraction of sp³-hybridized carbons (Fsp3) is 0.200. The third kappa shape index (κ3) is 5.61. The first-order valence-corrected chi connectivity index (χ1v) is 11.2. The molecular weight excluding hydrogens is 445 g/mol. The molecule has 2 amide bonds. The molecule has 3 aromatic carbocycles. The van der Waals surface area contributed by atoms with Crippen molar-refractivity contribution < 1.29 is 9.59 Å². The molecule has 1 saturated heterocycles. The molecule has 0 spiro atoms. The van der Waals surface area contributed by atoms with E-state index in [2.05, 4.69) is 10.2 Å². The van der Waals surface area contributed by atoms with Crippen LogP contribution in [-0.2, 0) is 11.2 Å². The summed E-state index contributed by atoms with van der Waals surface area (Å²) in [5, 5.41) is 4.20. The first kappa shape index (κ1) is 22.2. The van der Waals surface area contributed by atoms with E-state index in [0.717, 1.165) is 30.0 Å². The van der Waals surface area contributed by atoms with E-state index in [4.69, 9.17) is 23.2 Å². The number of hydrogen-bond acceptors (Lipinski definition) is 3. The molecule has 5 nitrogen and oxygen atoms in total. The third-order valence-corrected chi connectivity index (χ3v) is 5.96. The Labute approximate surface area is 197 Å². The molecule has 0 aromatic heterocycles. The molecule has 0 bridgehead atoms. The number of amides is 2. The first-order chi connectivity index (χ1) is 15.5. The van der Waals surface area contributed by atoms with Crippen LogP contribution in [0.4, 0.5) is 11.4 Å². The van der Waals surface area contributed by atoms with E-state index in [1.165, 1.54) is 0 Å². The van der Waals surface area contributed by atoms with Crippen LogP contribution in [0.5, 0.6) is 0 Å². The lowest BCUT2D eigenvalue weighted by Crippen LogP contribution is -2.48. The molecule has 0 aliphatic carbocycles. The van der Waals surface area contributed by atoms with Gasteiger partial charge in [0.25, 0.3) is 5.91 Å². The van der Waals surface area contributed by atoms with Gasteiger partial charge in [-0.15, -0.1) is 0 Å². The largest absolute Gasteiger partial charge is 0.368 e. The Bertz CT molecular complexity index is 1080. The molecule has 0 radical (unpaired) electrons. The van der Waals surface area contributed by atoms with Gasteiger partial charge in [0.05, 0.1) is 6.42 Å². The normalized spacial score (nSPS) is 13.7. The van der Waals surface area contributed by atoms with Crippen molar-refractivity contribution in [2.45, 2.75) is 6.42 Å². The van der Waals surface area contributed by atoms with Crippen LogP contribution in [0.15, 0.2) is 72.8 Å². The third-order valence-electron chi connectivity index (χ3n) is 5.45. The number of carbonyl (C=O) groups is 2. The maximum absolute atomic E-state index is 12.7. The van der Waals surface area contributed by atoms with Crippen molar-refractivity contribution >= 4 is 46.4 Å². The number of carbonyl (C=O) groups excluding carboxylic acids is 2. The van der Waals surface area contributed by atoms with E-state index < -0.39 is 0 Å². The van der Waals surface area contributed by atoms with Crippen LogP contribution >= 0.6 is 23.2 Å². The highest BCUT2D eigenvalue weighted by Gasteiger charge is 2.22. The highest BCUT2D eigenvalue weighted by molar-refractivity contribution is 6.30.